The van der Waals surface area contributed by atoms with Gasteiger partial charge in [0.2, 0.25) is 0 Å². The fourth-order valence-corrected chi connectivity index (χ4v) is 3.40. The second kappa shape index (κ2) is 10.6. The first kappa shape index (κ1) is 22.2. The van der Waals surface area contributed by atoms with E-state index in [4.69, 9.17) is 18.9 Å². The van der Waals surface area contributed by atoms with E-state index in [0.29, 0.717) is 16.7 Å². The number of hydrogen-bond donors (Lipinski definition) is 0. The number of carbonyl (C=O) groups excluding carboxylic acids is 3. The minimum atomic E-state index is -0.950. The van der Waals surface area contributed by atoms with Crippen molar-refractivity contribution in [3.8, 4) is 0 Å². The topological polar surface area (TPSA) is 88.1 Å². The minimum absolute atomic E-state index is 0.00113. The molecule has 3 aromatic rings. The molecule has 1 heterocycles. The van der Waals surface area contributed by atoms with Gasteiger partial charge in [-0.1, -0.05) is 54.6 Å². The van der Waals surface area contributed by atoms with Crippen molar-refractivity contribution in [2.45, 2.75) is 18.3 Å². The van der Waals surface area contributed by atoms with E-state index in [1.807, 2.05) is 0 Å². The van der Waals surface area contributed by atoms with Crippen LogP contribution < -0.4 is 0 Å². The molecule has 0 aliphatic carbocycles. The first-order valence-corrected chi connectivity index (χ1v) is 10.5. The van der Waals surface area contributed by atoms with Crippen LogP contribution in [0.4, 0.5) is 0 Å². The molecule has 1 saturated heterocycles. The van der Waals surface area contributed by atoms with Crippen molar-refractivity contribution < 1.29 is 33.3 Å². The monoisotopic (exact) mass is 446 g/mol. The van der Waals surface area contributed by atoms with Crippen LogP contribution in [0.2, 0.25) is 0 Å². The van der Waals surface area contributed by atoms with Gasteiger partial charge in [0.05, 0.1) is 23.3 Å². The molecule has 0 radical (unpaired) electrons. The molecular weight excluding hydrogens is 424 g/mol. The standard InChI is InChI=1S/C26H22O7/c27-24(18-10-4-1-5-11-18)31-16-21-23(33-26(29)20-14-8-3-9-15-20)22(17-30-21)32-25(28)19-12-6-2-7-13-19/h1-15,21-23H,16-17H2/t21-,22-,23+/m0/s1. The summed E-state index contributed by atoms with van der Waals surface area (Å²) in [4.78, 5) is 37.6. The quantitative estimate of drug-likeness (QED) is 0.404. The highest BCUT2D eigenvalue weighted by atomic mass is 16.6. The molecule has 3 atom stereocenters. The summed E-state index contributed by atoms with van der Waals surface area (Å²) in [5.74, 6) is -1.68. The van der Waals surface area contributed by atoms with Crippen molar-refractivity contribution in [1.29, 1.82) is 0 Å². The molecule has 0 aromatic heterocycles. The van der Waals surface area contributed by atoms with Crippen LogP contribution in [0.15, 0.2) is 91.0 Å². The van der Waals surface area contributed by atoms with Crippen LogP contribution in [0.25, 0.3) is 0 Å². The Kier molecular flexibility index (Phi) is 7.12. The van der Waals surface area contributed by atoms with Gasteiger partial charge in [0.25, 0.3) is 0 Å². The molecule has 7 nitrogen and oxygen atoms in total. The van der Waals surface area contributed by atoms with E-state index >= 15 is 0 Å². The third-order valence-corrected chi connectivity index (χ3v) is 5.12. The fourth-order valence-electron chi connectivity index (χ4n) is 3.40. The third-order valence-electron chi connectivity index (χ3n) is 5.12. The highest BCUT2D eigenvalue weighted by Gasteiger charge is 2.44. The Morgan fingerprint density at radius 2 is 1.12 bits per heavy atom. The summed E-state index contributed by atoms with van der Waals surface area (Å²) in [6.07, 6.45) is -2.60. The van der Waals surface area contributed by atoms with E-state index in [-0.39, 0.29) is 13.2 Å². The molecule has 0 bridgehead atoms. The van der Waals surface area contributed by atoms with Crippen LogP contribution in [-0.4, -0.2) is 49.4 Å². The molecule has 168 valence electrons. The lowest BCUT2D eigenvalue weighted by molar-refractivity contribution is -0.0433. The van der Waals surface area contributed by atoms with Gasteiger partial charge in [-0.2, -0.15) is 0 Å². The second-order valence-electron chi connectivity index (χ2n) is 7.38. The van der Waals surface area contributed by atoms with Crippen molar-refractivity contribution in [3.63, 3.8) is 0 Å². The smallest absolute Gasteiger partial charge is 0.338 e. The first-order chi connectivity index (χ1) is 16.1. The lowest BCUT2D eigenvalue weighted by Gasteiger charge is -2.23. The van der Waals surface area contributed by atoms with E-state index in [1.165, 1.54) is 0 Å². The summed E-state index contributed by atoms with van der Waals surface area (Å²) >= 11 is 0. The molecule has 0 spiro atoms. The van der Waals surface area contributed by atoms with E-state index in [2.05, 4.69) is 0 Å². The molecule has 0 saturated carbocycles. The van der Waals surface area contributed by atoms with E-state index in [9.17, 15) is 14.4 Å². The summed E-state index contributed by atoms with van der Waals surface area (Å²) in [6, 6.07) is 25.5. The van der Waals surface area contributed by atoms with Crippen LogP contribution in [0.1, 0.15) is 31.1 Å². The molecule has 1 aliphatic heterocycles. The molecule has 33 heavy (non-hydrogen) atoms. The maximum Gasteiger partial charge on any atom is 0.338 e. The van der Waals surface area contributed by atoms with Gasteiger partial charge in [0, 0.05) is 0 Å². The number of hydrogen-bond acceptors (Lipinski definition) is 7. The highest BCUT2D eigenvalue weighted by Crippen LogP contribution is 2.24. The van der Waals surface area contributed by atoms with E-state index in [0.717, 1.165) is 0 Å². The molecule has 0 N–H and O–H groups in total. The average Bonchev–Trinajstić information content (AvgIpc) is 3.24. The zero-order valence-corrected chi connectivity index (χ0v) is 17.7. The lowest BCUT2D eigenvalue weighted by Crippen LogP contribution is -2.40. The highest BCUT2D eigenvalue weighted by molar-refractivity contribution is 5.90. The summed E-state index contributed by atoms with van der Waals surface area (Å²) < 4.78 is 22.3. The Labute approximate surface area is 190 Å². The number of esters is 3. The van der Waals surface area contributed by atoms with Gasteiger partial charge in [-0.05, 0) is 36.4 Å². The van der Waals surface area contributed by atoms with E-state index < -0.39 is 36.2 Å². The molecule has 1 fully saturated rings. The number of ether oxygens (including phenoxy) is 4. The normalized spacial score (nSPS) is 19.5. The molecule has 0 amide bonds. The largest absolute Gasteiger partial charge is 0.459 e. The minimum Gasteiger partial charge on any atom is -0.459 e. The average molecular weight is 446 g/mol. The third kappa shape index (κ3) is 5.64. The molecule has 7 heteroatoms. The molecule has 3 aromatic carbocycles. The predicted molar refractivity (Wildman–Crippen MR) is 118 cm³/mol. The zero-order valence-electron chi connectivity index (χ0n) is 17.7. The number of rotatable bonds is 7. The molecule has 4 rings (SSSR count). The number of benzene rings is 3. The van der Waals surface area contributed by atoms with Crippen LogP contribution in [0.3, 0.4) is 0 Å². The Hall–Kier alpha value is -3.97. The van der Waals surface area contributed by atoms with Crippen molar-refractivity contribution in [2.75, 3.05) is 13.2 Å². The van der Waals surface area contributed by atoms with Crippen molar-refractivity contribution >= 4 is 17.9 Å². The molecule has 1 aliphatic rings. The summed E-state index contributed by atoms with van der Waals surface area (Å²) in [5.41, 5.74) is 1.10. The first-order valence-electron chi connectivity index (χ1n) is 10.5. The maximum atomic E-state index is 12.7. The Morgan fingerprint density at radius 3 is 1.64 bits per heavy atom. The van der Waals surface area contributed by atoms with Gasteiger partial charge in [-0.25, -0.2) is 14.4 Å². The maximum absolute atomic E-state index is 12.7. The SMILES string of the molecule is O=C(OC[C@@H]1OC[C@H](OC(=O)c2ccccc2)[C@@H]1OC(=O)c1ccccc1)c1ccccc1. The van der Waals surface area contributed by atoms with Crippen molar-refractivity contribution in [1.82, 2.24) is 0 Å². The number of carbonyl (C=O) groups is 3. The van der Waals surface area contributed by atoms with Crippen LogP contribution in [0.5, 0.6) is 0 Å². The van der Waals surface area contributed by atoms with Crippen LogP contribution in [0, 0.1) is 0 Å². The predicted octanol–water partition coefficient (Wildman–Crippen LogP) is 3.69. The fraction of sp³-hybridized carbons (Fsp3) is 0.192. The summed E-state index contributed by atoms with van der Waals surface area (Å²) in [5, 5.41) is 0. The van der Waals surface area contributed by atoms with E-state index in [1.54, 1.807) is 91.0 Å². The second-order valence-corrected chi connectivity index (χ2v) is 7.38. The van der Waals surface area contributed by atoms with Crippen LogP contribution in [-0.2, 0) is 18.9 Å². The van der Waals surface area contributed by atoms with Gasteiger partial charge in [0.1, 0.15) is 12.7 Å². The lowest BCUT2D eigenvalue weighted by atomic mass is 10.1. The Bertz CT molecular complexity index is 1080. The van der Waals surface area contributed by atoms with Gasteiger partial charge < -0.3 is 18.9 Å². The molecule has 0 unspecified atom stereocenters. The van der Waals surface area contributed by atoms with Gasteiger partial charge in [0.15, 0.2) is 12.2 Å². The Morgan fingerprint density at radius 1 is 0.667 bits per heavy atom. The van der Waals surface area contributed by atoms with Gasteiger partial charge in [-0.3, -0.25) is 0 Å². The van der Waals surface area contributed by atoms with Crippen molar-refractivity contribution in [2.24, 2.45) is 0 Å². The van der Waals surface area contributed by atoms with Gasteiger partial charge >= 0.3 is 17.9 Å². The summed E-state index contributed by atoms with van der Waals surface area (Å²) in [6.45, 7) is -0.168. The Balaban J connectivity index is 1.46. The van der Waals surface area contributed by atoms with Crippen molar-refractivity contribution in [3.05, 3.63) is 108 Å². The van der Waals surface area contributed by atoms with Gasteiger partial charge in [-0.15, -0.1) is 0 Å². The zero-order chi connectivity index (χ0) is 23.0. The van der Waals surface area contributed by atoms with Crippen LogP contribution >= 0.6 is 0 Å². The summed E-state index contributed by atoms with van der Waals surface area (Å²) in [7, 11) is 0. The molecular formula is C26H22O7.